The number of rotatable bonds is 3. The Hall–Kier alpha value is -1.44. The first kappa shape index (κ1) is 13.0. The second-order valence-corrected chi connectivity index (χ2v) is 4.26. The van der Waals surface area contributed by atoms with Crippen LogP contribution in [-0.4, -0.2) is 53.7 Å². The third-order valence-corrected chi connectivity index (χ3v) is 2.88. The van der Waals surface area contributed by atoms with Gasteiger partial charge in [-0.05, 0) is 13.0 Å². The molecule has 0 bridgehead atoms. The zero-order valence-electron chi connectivity index (χ0n) is 10.1. The lowest BCUT2D eigenvalue weighted by molar-refractivity contribution is 0.0760. The lowest BCUT2D eigenvalue weighted by atomic mass is 10.3. The average Bonchev–Trinajstić information content (AvgIpc) is 2.72. The summed E-state index contributed by atoms with van der Waals surface area (Å²) in [5, 5.41) is 12.1. The Bertz CT molecular complexity index is 399. The van der Waals surface area contributed by atoms with Gasteiger partial charge in [-0.15, -0.1) is 0 Å². The summed E-state index contributed by atoms with van der Waals surface area (Å²) in [5.41, 5.74) is 5.82. The van der Waals surface area contributed by atoms with Crippen molar-refractivity contribution in [1.82, 2.24) is 15.2 Å². The molecule has 0 spiro atoms. The van der Waals surface area contributed by atoms with Crippen molar-refractivity contribution in [3.8, 4) is 0 Å². The van der Waals surface area contributed by atoms with Crippen molar-refractivity contribution >= 4 is 5.91 Å². The van der Waals surface area contributed by atoms with Gasteiger partial charge in [0.25, 0.3) is 5.91 Å². The number of oxazole rings is 1. The van der Waals surface area contributed by atoms with Crippen LogP contribution in [0.4, 0.5) is 0 Å². The van der Waals surface area contributed by atoms with E-state index in [1.807, 2.05) is 0 Å². The molecule has 1 saturated heterocycles. The highest BCUT2D eigenvalue weighted by Crippen LogP contribution is 2.12. The summed E-state index contributed by atoms with van der Waals surface area (Å²) in [4.78, 5) is 17.9. The summed E-state index contributed by atoms with van der Waals surface area (Å²) in [7, 11) is 0. The lowest BCUT2D eigenvalue weighted by Crippen LogP contribution is -2.34. The van der Waals surface area contributed by atoms with E-state index in [9.17, 15) is 4.79 Å². The molecule has 1 atom stereocenters. The van der Waals surface area contributed by atoms with Crippen LogP contribution in [0.3, 0.4) is 0 Å². The number of hydrogen-bond donors (Lipinski definition) is 3. The number of carbonyl (C=O) groups is 1. The number of hydrogen-bond acceptors (Lipinski definition) is 6. The fraction of sp³-hybridized carbons (Fsp3) is 0.636. The number of carbonyl (C=O) groups excluding carboxylic acids is 1. The van der Waals surface area contributed by atoms with Gasteiger partial charge in [-0.2, -0.15) is 0 Å². The Kier molecular flexibility index (Phi) is 4.29. The quantitative estimate of drug-likeness (QED) is 0.646. The molecule has 2 heterocycles. The fourth-order valence-corrected chi connectivity index (χ4v) is 1.85. The number of nitrogens with one attached hydrogen (secondary N) is 1. The topological polar surface area (TPSA) is 105 Å². The first-order valence-corrected chi connectivity index (χ1v) is 6.04. The van der Waals surface area contributed by atoms with Crippen molar-refractivity contribution in [2.24, 2.45) is 5.73 Å². The van der Waals surface area contributed by atoms with Crippen LogP contribution < -0.4 is 11.1 Å². The molecule has 1 unspecified atom stereocenters. The van der Waals surface area contributed by atoms with Crippen molar-refractivity contribution in [2.75, 3.05) is 32.8 Å². The Morgan fingerprint density at radius 3 is 3.22 bits per heavy atom. The maximum Gasteiger partial charge on any atom is 0.275 e. The molecule has 4 N–H and O–H groups in total. The summed E-state index contributed by atoms with van der Waals surface area (Å²) in [6.45, 7) is 2.81. The summed E-state index contributed by atoms with van der Waals surface area (Å²) in [6.07, 6.45) is 2.22. The molecule has 7 nitrogen and oxygen atoms in total. The van der Waals surface area contributed by atoms with E-state index in [0.717, 1.165) is 19.5 Å². The van der Waals surface area contributed by atoms with Gasteiger partial charge in [-0.25, -0.2) is 4.98 Å². The number of aromatic nitrogens is 1. The van der Waals surface area contributed by atoms with Gasteiger partial charge >= 0.3 is 0 Å². The van der Waals surface area contributed by atoms with Gasteiger partial charge in [0, 0.05) is 19.6 Å². The molecule has 1 aliphatic heterocycles. The van der Waals surface area contributed by atoms with E-state index >= 15 is 0 Å². The summed E-state index contributed by atoms with van der Waals surface area (Å²) in [5.74, 6) is 0.0348. The summed E-state index contributed by atoms with van der Waals surface area (Å²) >= 11 is 0. The molecule has 1 aliphatic rings. The second-order valence-electron chi connectivity index (χ2n) is 4.26. The van der Waals surface area contributed by atoms with Crippen LogP contribution in [0.15, 0.2) is 10.7 Å². The van der Waals surface area contributed by atoms with E-state index in [4.69, 9.17) is 15.3 Å². The van der Waals surface area contributed by atoms with E-state index in [-0.39, 0.29) is 24.1 Å². The van der Waals surface area contributed by atoms with Crippen LogP contribution in [0.1, 0.15) is 28.8 Å². The lowest BCUT2D eigenvalue weighted by Gasteiger charge is -2.18. The molecule has 100 valence electrons. The Balaban J connectivity index is 2.05. The smallest absolute Gasteiger partial charge is 0.275 e. The number of aliphatic hydroxyl groups excluding tert-OH is 1. The van der Waals surface area contributed by atoms with E-state index in [2.05, 4.69) is 10.3 Å². The van der Waals surface area contributed by atoms with Gasteiger partial charge in [0.15, 0.2) is 5.69 Å². The first-order chi connectivity index (χ1) is 8.72. The molecule has 1 amide bonds. The van der Waals surface area contributed by atoms with Crippen LogP contribution in [0, 0.1) is 0 Å². The SMILES string of the molecule is NC(CO)c1nc(C(=O)N2CCCNCC2)co1. The van der Waals surface area contributed by atoms with Crippen LogP contribution in [-0.2, 0) is 0 Å². The highest BCUT2D eigenvalue weighted by molar-refractivity contribution is 5.92. The van der Waals surface area contributed by atoms with Crippen LogP contribution in [0.2, 0.25) is 0 Å². The molecular formula is C11H18N4O3. The molecule has 0 saturated carbocycles. The second kappa shape index (κ2) is 5.94. The molecule has 0 radical (unpaired) electrons. The Morgan fingerprint density at radius 2 is 2.44 bits per heavy atom. The predicted octanol–water partition coefficient (Wildman–Crippen LogP) is -0.898. The van der Waals surface area contributed by atoms with Crippen molar-refractivity contribution in [1.29, 1.82) is 0 Å². The van der Waals surface area contributed by atoms with Crippen LogP contribution in [0.5, 0.6) is 0 Å². The molecule has 2 rings (SSSR count). The number of nitrogens with two attached hydrogens (primary N) is 1. The zero-order valence-corrected chi connectivity index (χ0v) is 10.1. The maximum atomic E-state index is 12.1. The molecule has 7 heteroatoms. The van der Waals surface area contributed by atoms with E-state index in [0.29, 0.717) is 13.1 Å². The highest BCUT2D eigenvalue weighted by Gasteiger charge is 2.22. The van der Waals surface area contributed by atoms with Crippen molar-refractivity contribution in [3.63, 3.8) is 0 Å². The number of nitrogens with zero attached hydrogens (tertiary/aromatic N) is 2. The predicted molar refractivity (Wildman–Crippen MR) is 63.9 cm³/mol. The normalized spacial score (nSPS) is 18.4. The Labute approximate surface area is 105 Å². The molecule has 0 aliphatic carbocycles. The maximum absolute atomic E-state index is 12.1. The minimum absolute atomic E-state index is 0.154. The van der Waals surface area contributed by atoms with E-state index < -0.39 is 6.04 Å². The van der Waals surface area contributed by atoms with Gasteiger partial charge < -0.3 is 25.5 Å². The van der Waals surface area contributed by atoms with Crippen LogP contribution >= 0.6 is 0 Å². The Morgan fingerprint density at radius 1 is 1.61 bits per heavy atom. The summed E-state index contributed by atoms with van der Waals surface area (Å²) < 4.78 is 5.10. The fourth-order valence-electron chi connectivity index (χ4n) is 1.85. The molecular weight excluding hydrogens is 236 g/mol. The minimum atomic E-state index is -0.683. The minimum Gasteiger partial charge on any atom is -0.446 e. The van der Waals surface area contributed by atoms with E-state index in [1.165, 1.54) is 6.26 Å². The number of aliphatic hydroxyl groups is 1. The van der Waals surface area contributed by atoms with Gasteiger partial charge in [0.2, 0.25) is 5.89 Å². The van der Waals surface area contributed by atoms with Gasteiger partial charge in [-0.3, -0.25) is 4.79 Å². The summed E-state index contributed by atoms with van der Waals surface area (Å²) in [6, 6.07) is -0.683. The number of amides is 1. The van der Waals surface area contributed by atoms with Crippen LogP contribution in [0.25, 0.3) is 0 Å². The van der Waals surface area contributed by atoms with Gasteiger partial charge in [0.1, 0.15) is 12.3 Å². The largest absolute Gasteiger partial charge is 0.446 e. The standard InChI is InChI=1S/C11H18N4O3/c12-8(6-16)10-14-9(7-18-10)11(17)15-4-1-2-13-3-5-15/h7-8,13,16H,1-6,12H2. The first-order valence-electron chi connectivity index (χ1n) is 6.04. The third kappa shape index (κ3) is 2.87. The molecule has 18 heavy (non-hydrogen) atoms. The van der Waals surface area contributed by atoms with Crippen molar-refractivity contribution in [3.05, 3.63) is 17.8 Å². The molecule has 1 aromatic heterocycles. The molecule has 1 aromatic rings. The van der Waals surface area contributed by atoms with Crippen molar-refractivity contribution < 1.29 is 14.3 Å². The monoisotopic (exact) mass is 254 g/mol. The van der Waals surface area contributed by atoms with Gasteiger partial charge in [-0.1, -0.05) is 0 Å². The van der Waals surface area contributed by atoms with Gasteiger partial charge in [0.05, 0.1) is 6.61 Å². The van der Waals surface area contributed by atoms with Crippen molar-refractivity contribution in [2.45, 2.75) is 12.5 Å². The molecule has 1 fully saturated rings. The zero-order chi connectivity index (χ0) is 13.0. The van der Waals surface area contributed by atoms with E-state index in [1.54, 1.807) is 4.90 Å². The molecule has 0 aromatic carbocycles. The third-order valence-electron chi connectivity index (χ3n) is 2.88. The highest BCUT2D eigenvalue weighted by atomic mass is 16.3. The average molecular weight is 254 g/mol.